The van der Waals surface area contributed by atoms with Crippen LogP contribution >= 0.6 is 23.2 Å². The minimum Gasteiger partial charge on any atom is -0.479 e. The molecule has 6 nitrogen and oxygen atoms in total. The Morgan fingerprint density at radius 1 is 1.12 bits per heavy atom. The Bertz CT molecular complexity index is 926. The third kappa shape index (κ3) is 3.76. The van der Waals surface area contributed by atoms with Gasteiger partial charge < -0.3 is 9.84 Å². The second kappa shape index (κ2) is 7.27. The van der Waals surface area contributed by atoms with Crippen molar-refractivity contribution in [3.63, 3.8) is 0 Å². The fourth-order valence-electron chi connectivity index (χ4n) is 2.15. The first kappa shape index (κ1) is 18.1. The lowest BCUT2D eigenvalue weighted by Crippen LogP contribution is -2.10. The predicted octanol–water partition coefficient (Wildman–Crippen LogP) is 3.98. The number of carboxylic acids is 1. The molecule has 1 aromatic heterocycles. The van der Waals surface area contributed by atoms with Crippen molar-refractivity contribution in [2.45, 2.75) is 0 Å². The molecule has 0 amide bonds. The second-order valence-corrected chi connectivity index (χ2v) is 5.90. The summed E-state index contributed by atoms with van der Waals surface area (Å²) in [6.07, 6.45) is 0. The van der Waals surface area contributed by atoms with Gasteiger partial charge in [-0.1, -0.05) is 23.2 Å². The lowest BCUT2D eigenvalue weighted by molar-refractivity contribution is -0.139. The average Bonchev–Trinajstić information content (AvgIpc) is 2.96. The van der Waals surface area contributed by atoms with E-state index in [0.717, 1.165) is 16.8 Å². The van der Waals surface area contributed by atoms with Crippen LogP contribution in [0.3, 0.4) is 0 Å². The lowest BCUT2D eigenvalue weighted by atomic mass is 10.2. The number of halogens is 4. The molecule has 0 aliphatic heterocycles. The van der Waals surface area contributed by atoms with Crippen molar-refractivity contribution in [1.82, 2.24) is 14.8 Å². The molecule has 0 saturated carbocycles. The number of aromatic nitrogens is 3. The summed E-state index contributed by atoms with van der Waals surface area (Å²) in [5.74, 6) is -2.80. The summed E-state index contributed by atoms with van der Waals surface area (Å²) in [7, 11) is 0. The fraction of sp³-hybridized carbons (Fsp3) is 0.0625. The van der Waals surface area contributed by atoms with Gasteiger partial charge in [0.05, 0.1) is 5.56 Å². The normalized spacial score (nSPS) is 10.8. The molecule has 26 heavy (non-hydrogen) atoms. The van der Waals surface area contributed by atoms with Gasteiger partial charge in [0.25, 0.3) is 0 Å². The van der Waals surface area contributed by atoms with Crippen LogP contribution in [0.1, 0.15) is 0 Å². The number of hydrogen-bond donors (Lipinski definition) is 1. The highest BCUT2D eigenvalue weighted by Crippen LogP contribution is 2.29. The van der Waals surface area contributed by atoms with Crippen LogP contribution in [0.15, 0.2) is 36.4 Å². The van der Waals surface area contributed by atoms with Gasteiger partial charge in [0.1, 0.15) is 17.3 Å². The van der Waals surface area contributed by atoms with Gasteiger partial charge in [-0.3, -0.25) is 0 Å². The monoisotopic (exact) mass is 399 g/mol. The van der Waals surface area contributed by atoms with Crippen LogP contribution in [-0.4, -0.2) is 32.4 Å². The first-order valence-corrected chi connectivity index (χ1v) is 7.83. The Morgan fingerprint density at radius 2 is 1.77 bits per heavy atom. The number of hydrogen-bond acceptors (Lipinski definition) is 4. The lowest BCUT2D eigenvalue weighted by Gasteiger charge is -2.08. The van der Waals surface area contributed by atoms with Gasteiger partial charge in [0.15, 0.2) is 12.4 Å². The summed E-state index contributed by atoms with van der Waals surface area (Å²) in [4.78, 5) is 14.6. The van der Waals surface area contributed by atoms with Gasteiger partial charge in [-0.05, 0) is 36.4 Å². The highest BCUT2D eigenvalue weighted by Gasteiger charge is 2.20. The Labute approximate surface area is 155 Å². The number of ether oxygens (including phenoxy) is 1. The summed E-state index contributed by atoms with van der Waals surface area (Å²) in [6, 6.07) is 7.27. The Morgan fingerprint density at radius 3 is 2.38 bits per heavy atom. The molecule has 10 heteroatoms. The maximum atomic E-state index is 14.3. The predicted molar refractivity (Wildman–Crippen MR) is 89.9 cm³/mol. The molecular weight excluding hydrogens is 391 g/mol. The van der Waals surface area contributed by atoms with E-state index in [4.69, 9.17) is 33.0 Å². The van der Waals surface area contributed by atoms with E-state index < -0.39 is 24.2 Å². The number of aliphatic carboxylic acids is 1. The van der Waals surface area contributed by atoms with Gasteiger partial charge in [0.2, 0.25) is 0 Å². The van der Waals surface area contributed by atoms with E-state index >= 15 is 0 Å². The van der Waals surface area contributed by atoms with Gasteiger partial charge >= 0.3 is 12.0 Å². The zero-order valence-electron chi connectivity index (χ0n) is 12.8. The van der Waals surface area contributed by atoms with Crippen LogP contribution in [0.4, 0.5) is 8.78 Å². The average molecular weight is 400 g/mol. The standard InChI is InChI=1S/C16H9Cl2F2N3O3/c17-8-1-3-10(11(19)5-8)15-21-16(26-7-14(24)25)22-23(15)13-4-2-9(18)6-12(13)20/h1-6H,7H2,(H,24,25). The molecule has 0 spiro atoms. The van der Waals surface area contributed by atoms with E-state index in [2.05, 4.69) is 10.1 Å². The van der Waals surface area contributed by atoms with E-state index in [9.17, 15) is 13.6 Å². The van der Waals surface area contributed by atoms with Crippen LogP contribution in [0.25, 0.3) is 17.1 Å². The molecule has 134 valence electrons. The highest BCUT2D eigenvalue weighted by atomic mass is 35.5. The second-order valence-electron chi connectivity index (χ2n) is 5.03. The molecule has 3 aromatic rings. The first-order valence-electron chi connectivity index (χ1n) is 7.07. The molecule has 1 heterocycles. The van der Waals surface area contributed by atoms with E-state index in [0.29, 0.717) is 0 Å². The molecule has 1 N–H and O–H groups in total. The number of rotatable bonds is 5. The van der Waals surface area contributed by atoms with E-state index in [1.807, 2.05) is 0 Å². The molecule has 0 fully saturated rings. The minimum absolute atomic E-state index is 0.0265. The van der Waals surface area contributed by atoms with Crippen molar-refractivity contribution in [2.24, 2.45) is 0 Å². The molecule has 2 aromatic carbocycles. The number of nitrogens with zero attached hydrogens (tertiary/aromatic N) is 3. The van der Waals surface area contributed by atoms with Crippen LogP contribution in [0, 0.1) is 11.6 Å². The third-order valence-corrected chi connectivity index (χ3v) is 3.69. The minimum atomic E-state index is -1.25. The van der Waals surface area contributed by atoms with Crippen LogP contribution in [0.2, 0.25) is 10.0 Å². The Hall–Kier alpha value is -2.71. The number of carboxylic acid groups (broad SMARTS) is 1. The van der Waals surface area contributed by atoms with Gasteiger partial charge in [-0.2, -0.15) is 4.98 Å². The molecular formula is C16H9Cl2F2N3O3. The topological polar surface area (TPSA) is 77.2 Å². The van der Waals surface area contributed by atoms with Crippen molar-refractivity contribution in [3.8, 4) is 23.1 Å². The van der Waals surface area contributed by atoms with Gasteiger partial charge in [-0.15, -0.1) is 5.10 Å². The molecule has 0 bridgehead atoms. The smallest absolute Gasteiger partial charge is 0.341 e. The molecule has 0 atom stereocenters. The van der Waals surface area contributed by atoms with Crippen molar-refractivity contribution >= 4 is 29.2 Å². The SMILES string of the molecule is O=C(O)COc1nc(-c2ccc(Cl)cc2F)n(-c2ccc(Cl)cc2F)n1. The summed E-state index contributed by atoms with van der Waals surface area (Å²) < 4.78 is 34.5. The summed E-state index contributed by atoms with van der Waals surface area (Å²) >= 11 is 11.5. The molecule has 3 rings (SSSR count). The van der Waals surface area contributed by atoms with E-state index in [1.165, 1.54) is 24.3 Å². The van der Waals surface area contributed by atoms with Gasteiger partial charge in [0, 0.05) is 10.0 Å². The molecule has 0 unspecified atom stereocenters. The number of carbonyl (C=O) groups is 1. The largest absolute Gasteiger partial charge is 0.479 e. The van der Waals surface area contributed by atoms with Crippen LogP contribution in [-0.2, 0) is 4.79 Å². The molecule has 0 aliphatic carbocycles. The summed E-state index contributed by atoms with van der Waals surface area (Å²) in [5, 5.41) is 12.9. The van der Waals surface area contributed by atoms with E-state index in [1.54, 1.807) is 0 Å². The quantitative estimate of drug-likeness (QED) is 0.701. The fourth-order valence-corrected chi connectivity index (χ4v) is 2.46. The van der Waals surface area contributed by atoms with Crippen molar-refractivity contribution in [2.75, 3.05) is 6.61 Å². The summed E-state index contributed by atoms with van der Waals surface area (Å²) in [6.45, 7) is -0.713. The Balaban J connectivity index is 2.16. The zero-order chi connectivity index (χ0) is 18.8. The molecule has 0 saturated heterocycles. The Kier molecular flexibility index (Phi) is 5.06. The maximum Gasteiger partial charge on any atom is 0.341 e. The molecule has 0 radical (unpaired) electrons. The van der Waals surface area contributed by atoms with Gasteiger partial charge in [-0.25, -0.2) is 18.3 Å². The summed E-state index contributed by atoms with van der Waals surface area (Å²) in [5.41, 5.74) is -0.0992. The van der Waals surface area contributed by atoms with E-state index in [-0.39, 0.29) is 33.1 Å². The van der Waals surface area contributed by atoms with Crippen LogP contribution in [0.5, 0.6) is 6.01 Å². The van der Waals surface area contributed by atoms with Crippen molar-refractivity contribution in [1.29, 1.82) is 0 Å². The maximum absolute atomic E-state index is 14.3. The van der Waals surface area contributed by atoms with Crippen molar-refractivity contribution < 1.29 is 23.4 Å². The molecule has 0 aliphatic rings. The van der Waals surface area contributed by atoms with Crippen LogP contribution < -0.4 is 4.74 Å². The zero-order valence-corrected chi connectivity index (χ0v) is 14.3. The third-order valence-electron chi connectivity index (χ3n) is 3.22. The highest BCUT2D eigenvalue weighted by molar-refractivity contribution is 6.30. The first-order chi connectivity index (χ1) is 12.3. The van der Waals surface area contributed by atoms with Crippen molar-refractivity contribution in [3.05, 3.63) is 58.1 Å². The number of benzene rings is 2.